The molecule has 8 rings (SSSR count). The van der Waals surface area contributed by atoms with Gasteiger partial charge in [0.1, 0.15) is 5.75 Å². The molecule has 1 unspecified atom stereocenters. The number of allylic oxidation sites excluding steroid dienone is 1. The Bertz CT molecular complexity index is 1480. The Morgan fingerprint density at radius 3 is 2.73 bits per heavy atom. The molecule has 4 nitrogen and oxygen atoms in total. The lowest BCUT2D eigenvalue weighted by Crippen LogP contribution is -2.59. The van der Waals surface area contributed by atoms with E-state index < -0.39 is 0 Å². The molecule has 1 aliphatic carbocycles. The Hall–Kier alpha value is -3.50. The number of hydrogen-bond donors (Lipinski definition) is 1. The van der Waals surface area contributed by atoms with Crippen LogP contribution in [0.1, 0.15) is 36.8 Å². The van der Waals surface area contributed by atoms with E-state index in [0.717, 1.165) is 62.3 Å². The first kappa shape index (κ1) is 22.7. The van der Waals surface area contributed by atoms with E-state index in [1.54, 1.807) is 0 Å². The molecule has 1 aromatic heterocycles. The average Bonchev–Trinajstić information content (AvgIpc) is 3.31. The van der Waals surface area contributed by atoms with Crippen LogP contribution in [-0.4, -0.2) is 48.2 Å². The van der Waals surface area contributed by atoms with Gasteiger partial charge < -0.3 is 14.6 Å². The maximum Gasteiger partial charge on any atom is 0.129 e. The highest BCUT2D eigenvalue weighted by Crippen LogP contribution is 2.34. The zero-order valence-corrected chi connectivity index (χ0v) is 21.4. The minimum atomic E-state index is 0.527. The topological polar surface area (TPSA) is 31.5 Å². The van der Waals surface area contributed by atoms with Crippen molar-refractivity contribution in [2.24, 2.45) is 0 Å². The average molecular weight is 490 g/mol. The van der Waals surface area contributed by atoms with Gasteiger partial charge in [0.25, 0.3) is 0 Å². The number of nitrogens with one attached hydrogen (secondary N) is 1. The third-order valence-corrected chi connectivity index (χ3v) is 8.47. The molecule has 3 aliphatic heterocycles. The van der Waals surface area contributed by atoms with E-state index in [9.17, 15) is 0 Å². The minimum absolute atomic E-state index is 0.527. The van der Waals surface area contributed by atoms with Gasteiger partial charge in [0.15, 0.2) is 0 Å². The van der Waals surface area contributed by atoms with E-state index in [4.69, 9.17) is 4.74 Å². The molecule has 0 amide bonds. The first-order chi connectivity index (χ1) is 18.3. The summed E-state index contributed by atoms with van der Waals surface area (Å²) in [5.74, 6) is 0.986. The van der Waals surface area contributed by atoms with Crippen molar-refractivity contribution in [1.82, 2.24) is 9.88 Å². The standard InChI is InChI=1S/C33H35N3O/c1-2-10-25-21-26(18-17-24(25)9-1)36-23-27-11-3-4-12-28(36)22-35(27)19-8-20-37-32-16-7-15-31-33(32)29-13-5-6-14-30(29)34-31/h2-7,10,13-18,21,27-28,34H,1,8-9,11-12,19-20,22-23H2/b4-3-/t27?,28-/m0/s1. The molecule has 1 saturated heterocycles. The van der Waals surface area contributed by atoms with Crippen molar-refractivity contribution in [2.75, 3.05) is 31.1 Å². The monoisotopic (exact) mass is 489 g/mol. The van der Waals surface area contributed by atoms with Crippen LogP contribution in [0.15, 0.2) is 78.9 Å². The molecule has 188 valence electrons. The Kier molecular flexibility index (Phi) is 5.98. The summed E-state index contributed by atoms with van der Waals surface area (Å²) in [5, 5.41) is 2.43. The summed E-state index contributed by atoms with van der Waals surface area (Å²) < 4.78 is 6.38. The molecule has 2 atom stereocenters. The lowest BCUT2D eigenvalue weighted by Gasteiger charge is -2.48. The van der Waals surface area contributed by atoms with Gasteiger partial charge in [0.2, 0.25) is 0 Å². The van der Waals surface area contributed by atoms with Gasteiger partial charge in [0, 0.05) is 53.7 Å². The number of piperazine rings is 1. The van der Waals surface area contributed by atoms with E-state index in [0.29, 0.717) is 12.1 Å². The van der Waals surface area contributed by atoms with Crippen LogP contribution in [0, 0.1) is 0 Å². The number of ether oxygens (including phenoxy) is 1. The Morgan fingerprint density at radius 2 is 1.76 bits per heavy atom. The van der Waals surface area contributed by atoms with Gasteiger partial charge in [-0.15, -0.1) is 0 Å². The van der Waals surface area contributed by atoms with Crippen molar-refractivity contribution in [3.63, 3.8) is 0 Å². The van der Waals surface area contributed by atoms with Gasteiger partial charge in [-0.2, -0.15) is 0 Å². The summed E-state index contributed by atoms with van der Waals surface area (Å²) in [4.78, 5) is 8.93. The fourth-order valence-corrected chi connectivity index (χ4v) is 6.56. The fourth-order valence-electron chi connectivity index (χ4n) is 6.56. The number of hydrogen-bond acceptors (Lipinski definition) is 3. The summed E-state index contributed by atoms with van der Waals surface area (Å²) in [5.41, 5.74) is 6.61. The third kappa shape index (κ3) is 4.34. The summed E-state index contributed by atoms with van der Waals surface area (Å²) in [7, 11) is 0. The molecule has 0 saturated carbocycles. The van der Waals surface area contributed by atoms with Crippen LogP contribution < -0.4 is 9.64 Å². The number of anilines is 1. The molecule has 4 aliphatic rings. The largest absolute Gasteiger partial charge is 0.493 e. The van der Waals surface area contributed by atoms with Crippen LogP contribution >= 0.6 is 0 Å². The molecule has 2 bridgehead atoms. The van der Waals surface area contributed by atoms with Gasteiger partial charge in [-0.25, -0.2) is 0 Å². The lowest BCUT2D eigenvalue weighted by molar-refractivity contribution is 0.137. The number of aryl methyl sites for hydroxylation is 1. The van der Waals surface area contributed by atoms with Crippen LogP contribution in [0.5, 0.6) is 5.75 Å². The van der Waals surface area contributed by atoms with Crippen LogP contribution in [0.4, 0.5) is 5.69 Å². The molecule has 4 heterocycles. The second-order valence-electron chi connectivity index (χ2n) is 10.8. The highest BCUT2D eigenvalue weighted by atomic mass is 16.5. The number of nitrogens with zero attached hydrogens (tertiary/aromatic N) is 2. The lowest BCUT2D eigenvalue weighted by atomic mass is 9.93. The molecule has 4 heteroatoms. The number of para-hydroxylation sites is 1. The molecule has 0 radical (unpaired) electrons. The van der Waals surface area contributed by atoms with Crippen LogP contribution in [0.25, 0.3) is 27.9 Å². The molecular weight excluding hydrogens is 454 g/mol. The van der Waals surface area contributed by atoms with Crippen LogP contribution in [-0.2, 0) is 6.42 Å². The molecule has 3 aromatic carbocycles. The third-order valence-electron chi connectivity index (χ3n) is 8.47. The molecular formula is C33H35N3O. The van der Waals surface area contributed by atoms with Crippen molar-refractivity contribution < 1.29 is 4.74 Å². The summed E-state index contributed by atoms with van der Waals surface area (Å²) >= 11 is 0. The van der Waals surface area contributed by atoms with Gasteiger partial charge in [0.05, 0.1) is 12.1 Å². The van der Waals surface area contributed by atoms with E-state index in [1.807, 2.05) is 0 Å². The van der Waals surface area contributed by atoms with E-state index in [1.165, 1.54) is 40.4 Å². The van der Waals surface area contributed by atoms with E-state index in [-0.39, 0.29) is 0 Å². The van der Waals surface area contributed by atoms with Crippen molar-refractivity contribution in [2.45, 2.75) is 44.2 Å². The van der Waals surface area contributed by atoms with Crippen molar-refractivity contribution in [3.05, 3.63) is 90.0 Å². The van der Waals surface area contributed by atoms with Crippen molar-refractivity contribution >= 4 is 33.6 Å². The van der Waals surface area contributed by atoms with Gasteiger partial charge in [-0.1, -0.05) is 54.6 Å². The zero-order chi connectivity index (χ0) is 24.6. The maximum absolute atomic E-state index is 6.38. The number of aromatic amines is 1. The maximum atomic E-state index is 6.38. The summed E-state index contributed by atoms with van der Waals surface area (Å²) in [6.07, 6.45) is 15.1. The predicted octanol–water partition coefficient (Wildman–Crippen LogP) is 6.96. The predicted molar refractivity (Wildman–Crippen MR) is 155 cm³/mol. The molecule has 4 aromatic rings. The Morgan fingerprint density at radius 1 is 0.865 bits per heavy atom. The van der Waals surface area contributed by atoms with Gasteiger partial charge >= 0.3 is 0 Å². The Balaban J connectivity index is 1.02. The highest BCUT2D eigenvalue weighted by Gasteiger charge is 2.34. The molecule has 1 fully saturated rings. The van der Waals surface area contributed by atoms with Crippen LogP contribution in [0.2, 0.25) is 0 Å². The minimum Gasteiger partial charge on any atom is -0.493 e. The van der Waals surface area contributed by atoms with E-state index in [2.05, 4.69) is 99.8 Å². The Labute approximate surface area is 219 Å². The molecule has 0 spiro atoms. The SMILES string of the molecule is C1=Cc2cc(N3CC4C/C=C\C[C@H]3CN4CCCOc3cccc4[nH]c5ccccc5c34)ccc2CC1. The number of H-pyrrole nitrogens is 1. The normalized spacial score (nSPS) is 22.2. The number of aromatic nitrogens is 1. The first-order valence-electron chi connectivity index (χ1n) is 13.9. The van der Waals surface area contributed by atoms with E-state index >= 15 is 0 Å². The smallest absolute Gasteiger partial charge is 0.129 e. The fraction of sp³-hybridized carbons (Fsp3) is 0.333. The van der Waals surface area contributed by atoms with Gasteiger partial charge in [-0.3, -0.25) is 4.90 Å². The highest BCUT2D eigenvalue weighted by molar-refractivity contribution is 6.10. The van der Waals surface area contributed by atoms with Crippen molar-refractivity contribution in [1.29, 1.82) is 0 Å². The zero-order valence-electron chi connectivity index (χ0n) is 21.4. The first-order valence-corrected chi connectivity index (χ1v) is 13.9. The number of fused-ring (bicyclic) bond motifs is 8. The molecule has 37 heavy (non-hydrogen) atoms. The summed E-state index contributed by atoms with van der Waals surface area (Å²) in [6.45, 7) is 4.05. The second-order valence-corrected chi connectivity index (χ2v) is 10.8. The number of rotatable bonds is 6. The summed E-state index contributed by atoms with van der Waals surface area (Å²) in [6, 6.07) is 23.0. The second kappa shape index (κ2) is 9.75. The number of benzene rings is 3. The quantitative estimate of drug-likeness (QED) is 0.235. The van der Waals surface area contributed by atoms with Crippen molar-refractivity contribution in [3.8, 4) is 5.75 Å². The van der Waals surface area contributed by atoms with Gasteiger partial charge in [-0.05, 0) is 73.6 Å². The molecule has 1 N–H and O–H groups in total. The van der Waals surface area contributed by atoms with Crippen LogP contribution in [0.3, 0.4) is 0 Å².